The second-order valence-electron chi connectivity index (χ2n) is 3.88. The molecule has 14 heavy (non-hydrogen) atoms. The molecule has 2 heteroatoms. The molecule has 0 bridgehead atoms. The number of halogens is 2. The first-order valence-corrected chi connectivity index (χ1v) is 5.88. The van der Waals surface area contributed by atoms with Crippen molar-refractivity contribution in [3.05, 3.63) is 34.9 Å². The lowest BCUT2D eigenvalue weighted by Crippen LogP contribution is -2.07. The minimum Gasteiger partial charge on any atom is -0.127 e. The molecule has 0 aromatic heterocycles. The number of hydrogen-bond donors (Lipinski definition) is 0. The SMILES string of the molecule is CC(C)C(CCCl)c1ccc(Cl)cc1. The first-order chi connectivity index (χ1) is 6.65. The summed E-state index contributed by atoms with van der Waals surface area (Å²) in [5.41, 5.74) is 1.34. The van der Waals surface area contributed by atoms with Crippen LogP contribution in [0.4, 0.5) is 0 Å². The zero-order valence-corrected chi connectivity index (χ0v) is 10.1. The zero-order chi connectivity index (χ0) is 10.6. The summed E-state index contributed by atoms with van der Waals surface area (Å²) < 4.78 is 0. The third-order valence-corrected chi connectivity index (χ3v) is 2.99. The maximum atomic E-state index is 5.85. The summed E-state index contributed by atoms with van der Waals surface area (Å²) in [5.74, 6) is 1.88. The van der Waals surface area contributed by atoms with Gasteiger partial charge in [0.25, 0.3) is 0 Å². The normalized spacial score (nSPS) is 13.2. The smallest absolute Gasteiger partial charge is 0.0406 e. The molecule has 1 aromatic carbocycles. The lowest BCUT2D eigenvalue weighted by molar-refractivity contribution is 0.487. The van der Waals surface area contributed by atoms with Crippen LogP contribution in [0.5, 0.6) is 0 Å². The molecule has 0 nitrogen and oxygen atoms in total. The second kappa shape index (κ2) is 5.63. The van der Waals surface area contributed by atoms with Gasteiger partial charge in [0.05, 0.1) is 0 Å². The van der Waals surface area contributed by atoms with Gasteiger partial charge in [-0.2, -0.15) is 0 Å². The Kier molecular flexibility index (Phi) is 4.77. The van der Waals surface area contributed by atoms with Crippen LogP contribution in [0.1, 0.15) is 31.7 Å². The summed E-state index contributed by atoms with van der Waals surface area (Å²) in [6.07, 6.45) is 1.03. The van der Waals surface area contributed by atoms with Crippen LogP contribution in [0.15, 0.2) is 24.3 Å². The zero-order valence-electron chi connectivity index (χ0n) is 8.63. The van der Waals surface area contributed by atoms with Gasteiger partial charge in [-0.25, -0.2) is 0 Å². The van der Waals surface area contributed by atoms with Crippen molar-refractivity contribution in [1.29, 1.82) is 0 Å². The van der Waals surface area contributed by atoms with E-state index in [0.29, 0.717) is 17.7 Å². The Hall–Kier alpha value is -0.200. The van der Waals surface area contributed by atoms with Gasteiger partial charge >= 0.3 is 0 Å². The van der Waals surface area contributed by atoms with Crippen LogP contribution in [0, 0.1) is 5.92 Å². The minimum absolute atomic E-state index is 0.546. The van der Waals surface area contributed by atoms with Gasteiger partial charge in [-0.3, -0.25) is 0 Å². The molecular weight excluding hydrogens is 215 g/mol. The molecule has 1 aromatic rings. The molecule has 1 atom stereocenters. The Bertz CT molecular complexity index is 264. The van der Waals surface area contributed by atoms with E-state index in [-0.39, 0.29) is 0 Å². The van der Waals surface area contributed by atoms with Gasteiger partial charge in [0, 0.05) is 10.9 Å². The fraction of sp³-hybridized carbons (Fsp3) is 0.500. The van der Waals surface area contributed by atoms with Crippen LogP contribution >= 0.6 is 23.2 Å². The number of hydrogen-bond acceptors (Lipinski definition) is 0. The Balaban J connectivity index is 2.82. The van der Waals surface area contributed by atoms with E-state index in [9.17, 15) is 0 Å². The largest absolute Gasteiger partial charge is 0.127 e. The average molecular weight is 231 g/mol. The number of alkyl halides is 1. The summed E-state index contributed by atoms with van der Waals surface area (Å²) in [6.45, 7) is 4.46. The van der Waals surface area contributed by atoms with Crippen LogP contribution in [0.3, 0.4) is 0 Å². The summed E-state index contributed by atoms with van der Waals surface area (Å²) in [4.78, 5) is 0. The van der Waals surface area contributed by atoms with Crippen molar-refractivity contribution in [2.24, 2.45) is 5.92 Å². The van der Waals surface area contributed by atoms with E-state index >= 15 is 0 Å². The molecule has 0 aliphatic rings. The molecule has 0 aliphatic carbocycles. The van der Waals surface area contributed by atoms with Crippen LogP contribution in [0.25, 0.3) is 0 Å². The van der Waals surface area contributed by atoms with Gasteiger partial charge in [0.1, 0.15) is 0 Å². The fourth-order valence-electron chi connectivity index (χ4n) is 1.71. The van der Waals surface area contributed by atoms with E-state index in [4.69, 9.17) is 23.2 Å². The highest BCUT2D eigenvalue weighted by Crippen LogP contribution is 2.28. The minimum atomic E-state index is 0.546. The molecule has 0 aliphatic heterocycles. The molecule has 0 saturated carbocycles. The van der Waals surface area contributed by atoms with Crippen LogP contribution in [0.2, 0.25) is 5.02 Å². The Labute approximate surface area is 96.2 Å². The van der Waals surface area contributed by atoms with Crippen molar-refractivity contribution in [2.75, 3.05) is 5.88 Å². The third-order valence-electron chi connectivity index (χ3n) is 2.52. The van der Waals surface area contributed by atoms with Gasteiger partial charge < -0.3 is 0 Å². The van der Waals surface area contributed by atoms with E-state index in [0.717, 1.165) is 11.4 Å². The quantitative estimate of drug-likeness (QED) is 0.658. The Morgan fingerprint density at radius 3 is 2.14 bits per heavy atom. The van der Waals surface area contributed by atoms with Crippen molar-refractivity contribution in [3.63, 3.8) is 0 Å². The molecule has 0 saturated heterocycles. The lowest BCUT2D eigenvalue weighted by atomic mass is 9.86. The molecule has 1 rings (SSSR count). The van der Waals surface area contributed by atoms with Crippen LogP contribution < -0.4 is 0 Å². The van der Waals surface area contributed by atoms with Crippen LogP contribution in [-0.2, 0) is 0 Å². The van der Waals surface area contributed by atoms with Crippen molar-refractivity contribution >= 4 is 23.2 Å². The molecule has 0 heterocycles. The second-order valence-corrected chi connectivity index (χ2v) is 4.69. The summed E-state index contributed by atoms with van der Waals surface area (Å²) in [5, 5.41) is 0.794. The Morgan fingerprint density at radius 2 is 1.71 bits per heavy atom. The highest BCUT2D eigenvalue weighted by Gasteiger charge is 2.14. The standard InChI is InChI=1S/C12H16Cl2/c1-9(2)12(7-8-13)10-3-5-11(14)6-4-10/h3-6,9,12H,7-8H2,1-2H3. The number of rotatable bonds is 4. The molecule has 0 N–H and O–H groups in total. The van der Waals surface area contributed by atoms with E-state index in [2.05, 4.69) is 26.0 Å². The maximum Gasteiger partial charge on any atom is 0.0406 e. The number of benzene rings is 1. The van der Waals surface area contributed by atoms with Crippen LogP contribution in [-0.4, -0.2) is 5.88 Å². The van der Waals surface area contributed by atoms with Gasteiger partial charge in [-0.15, -0.1) is 11.6 Å². The van der Waals surface area contributed by atoms with Gasteiger partial charge in [-0.05, 0) is 36.0 Å². The van der Waals surface area contributed by atoms with Crippen molar-refractivity contribution in [2.45, 2.75) is 26.2 Å². The van der Waals surface area contributed by atoms with E-state index in [1.54, 1.807) is 0 Å². The van der Waals surface area contributed by atoms with Gasteiger partial charge in [0.2, 0.25) is 0 Å². The topological polar surface area (TPSA) is 0 Å². The third kappa shape index (κ3) is 3.18. The monoisotopic (exact) mass is 230 g/mol. The first kappa shape index (κ1) is 11.9. The molecule has 1 unspecified atom stereocenters. The highest BCUT2D eigenvalue weighted by atomic mass is 35.5. The highest BCUT2D eigenvalue weighted by molar-refractivity contribution is 6.30. The molecule has 0 spiro atoms. The summed E-state index contributed by atoms with van der Waals surface area (Å²) in [6, 6.07) is 8.08. The summed E-state index contributed by atoms with van der Waals surface area (Å²) >= 11 is 11.6. The molecule has 0 fully saturated rings. The maximum absolute atomic E-state index is 5.85. The summed E-state index contributed by atoms with van der Waals surface area (Å²) in [7, 11) is 0. The molecule has 78 valence electrons. The Morgan fingerprint density at radius 1 is 1.14 bits per heavy atom. The first-order valence-electron chi connectivity index (χ1n) is 4.96. The average Bonchev–Trinajstić information content (AvgIpc) is 2.15. The molecular formula is C12H16Cl2. The van der Waals surface area contributed by atoms with Gasteiger partial charge in [-0.1, -0.05) is 37.6 Å². The lowest BCUT2D eigenvalue weighted by Gasteiger charge is -2.20. The molecule has 0 amide bonds. The molecule has 0 radical (unpaired) electrons. The van der Waals surface area contributed by atoms with E-state index in [1.165, 1.54) is 5.56 Å². The fourth-order valence-corrected chi connectivity index (χ4v) is 2.07. The van der Waals surface area contributed by atoms with E-state index < -0.39 is 0 Å². The van der Waals surface area contributed by atoms with Gasteiger partial charge in [0.15, 0.2) is 0 Å². The predicted molar refractivity (Wildman–Crippen MR) is 64.4 cm³/mol. The predicted octanol–water partition coefficient (Wildman–Crippen LogP) is 4.71. The van der Waals surface area contributed by atoms with Crippen molar-refractivity contribution in [1.82, 2.24) is 0 Å². The van der Waals surface area contributed by atoms with Crippen molar-refractivity contribution < 1.29 is 0 Å². The van der Waals surface area contributed by atoms with E-state index in [1.807, 2.05) is 12.1 Å². The van der Waals surface area contributed by atoms with Crippen molar-refractivity contribution in [3.8, 4) is 0 Å².